The Kier molecular flexibility index (Phi) is 6.83. The van der Waals surface area contributed by atoms with Crippen molar-refractivity contribution in [2.75, 3.05) is 20.0 Å². The van der Waals surface area contributed by atoms with Gasteiger partial charge in [-0.3, -0.25) is 4.79 Å². The molecule has 0 fully saturated rings. The first-order valence-electron chi connectivity index (χ1n) is 7.03. The van der Waals surface area contributed by atoms with E-state index in [0.29, 0.717) is 6.54 Å². The third kappa shape index (κ3) is 6.03. The number of hydrogen-bond donors (Lipinski definition) is 0. The van der Waals surface area contributed by atoms with Gasteiger partial charge in [0.05, 0.1) is 6.26 Å². The molecule has 1 atom stereocenters. The molecule has 1 aromatic carbocycles. The van der Waals surface area contributed by atoms with E-state index < -0.39 is 10.1 Å². The van der Waals surface area contributed by atoms with Gasteiger partial charge in [0.25, 0.3) is 0 Å². The van der Waals surface area contributed by atoms with Crippen molar-refractivity contribution < 1.29 is 22.1 Å². The highest BCUT2D eigenvalue weighted by molar-refractivity contribution is 7.86. The van der Waals surface area contributed by atoms with Gasteiger partial charge in [-0.25, -0.2) is 0 Å². The molecule has 0 spiro atoms. The summed E-state index contributed by atoms with van der Waals surface area (Å²) in [6.45, 7) is 4.35. The van der Waals surface area contributed by atoms with Crippen molar-refractivity contribution in [3.63, 3.8) is 0 Å². The molecule has 1 unspecified atom stereocenters. The minimum atomic E-state index is -3.57. The van der Waals surface area contributed by atoms with Crippen LogP contribution in [0.3, 0.4) is 0 Å². The minimum absolute atomic E-state index is 0.0177. The van der Waals surface area contributed by atoms with Gasteiger partial charge >= 0.3 is 10.1 Å². The van der Waals surface area contributed by atoms with Gasteiger partial charge < -0.3 is 13.8 Å². The lowest BCUT2D eigenvalue weighted by Crippen LogP contribution is -2.39. The normalized spacial score (nSPS) is 12.7. The fraction of sp³-hybridized carbons (Fsp3) is 0.533. The van der Waals surface area contributed by atoms with Crippen LogP contribution in [0.5, 0.6) is 5.75 Å². The number of nitrogens with zero attached hydrogens (tertiary/aromatic N) is 1. The van der Waals surface area contributed by atoms with Crippen molar-refractivity contribution in [3.05, 3.63) is 29.8 Å². The van der Waals surface area contributed by atoms with Crippen LogP contribution in [0.2, 0.25) is 0 Å². The van der Waals surface area contributed by atoms with Crippen molar-refractivity contribution in [2.24, 2.45) is 0 Å². The van der Waals surface area contributed by atoms with Crippen molar-refractivity contribution >= 4 is 16.0 Å². The standard InChI is InChI=1S/C15H23NO5S/c1-5-12(2)16(15(17)11-20-3)10-13-7-6-8-14(9-13)21-22(4,18)19/h6-9,12H,5,10-11H2,1-4H3. The third-order valence-corrected chi connectivity index (χ3v) is 3.71. The highest BCUT2D eigenvalue weighted by atomic mass is 32.2. The number of methoxy groups -OCH3 is 1. The Morgan fingerprint density at radius 1 is 1.36 bits per heavy atom. The van der Waals surface area contributed by atoms with E-state index in [1.54, 1.807) is 23.1 Å². The van der Waals surface area contributed by atoms with Crippen LogP contribution in [-0.2, 0) is 26.2 Å². The van der Waals surface area contributed by atoms with Crippen molar-refractivity contribution in [2.45, 2.75) is 32.9 Å². The SMILES string of the molecule is CCC(C)N(Cc1cccc(OS(C)(=O)=O)c1)C(=O)COC. The molecule has 7 heteroatoms. The zero-order chi connectivity index (χ0) is 16.8. The van der Waals surface area contributed by atoms with Gasteiger partial charge in [-0.2, -0.15) is 8.42 Å². The van der Waals surface area contributed by atoms with E-state index >= 15 is 0 Å². The van der Waals surface area contributed by atoms with Gasteiger partial charge in [0.1, 0.15) is 12.4 Å². The maximum absolute atomic E-state index is 12.1. The number of rotatable bonds is 8. The molecular formula is C15H23NO5S. The van der Waals surface area contributed by atoms with Gasteiger partial charge in [-0.05, 0) is 31.0 Å². The summed E-state index contributed by atoms with van der Waals surface area (Å²) in [5.41, 5.74) is 0.797. The summed E-state index contributed by atoms with van der Waals surface area (Å²) in [6.07, 6.45) is 1.81. The van der Waals surface area contributed by atoms with Crippen LogP contribution in [0, 0.1) is 0 Å². The van der Waals surface area contributed by atoms with Crippen molar-refractivity contribution in [3.8, 4) is 5.75 Å². The van der Waals surface area contributed by atoms with Gasteiger partial charge in [0, 0.05) is 19.7 Å². The molecular weight excluding hydrogens is 306 g/mol. The second-order valence-electron chi connectivity index (χ2n) is 5.15. The maximum atomic E-state index is 12.1. The molecule has 1 aromatic rings. The number of carbonyl (C=O) groups excluding carboxylic acids is 1. The second-order valence-corrected chi connectivity index (χ2v) is 6.72. The Balaban J connectivity index is 2.93. The van der Waals surface area contributed by atoms with E-state index in [2.05, 4.69) is 0 Å². The predicted octanol–water partition coefficient (Wildman–Crippen LogP) is 1.80. The van der Waals surface area contributed by atoms with Crippen LogP contribution < -0.4 is 4.18 Å². The Morgan fingerprint density at radius 3 is 2.59 bits per heavy atom. The molecule has 1 amide bonds. The largest absolute Gasteiger partial charge is 0.383 e. The summed E-state index contributed by atoms with van der Waals surface area (Å²) in [4.78, 5) is 13.8. The van der Waals surface area contributed by atoms with Gasteiger partial charge in [0.15, 0.2) is 0 Å². The summed E-state index contributed by atoms with van der Waals surface area (Å²) >= 11 is 0. The average Bonchev–Trinajstić information content (AvgIpc) is 2.42. The van der Waals surface area contributed by atoms with Crippen molar-refractivity contribution in [1.29, 1.82) is 0 Å². The molecule has 0 N–H and O–H groups in total. The zero-order valence-corrected chi connectivity index (χ0v) is 14.2. The smallest absolute Gasteiger partial charge is 0.306 e. The number of hydrogen-bond acceptors (Lipinski definition) is 5. The quantitative estimate of drug-likeness (QED) is 0.680. The first-order chi connectivity index (χ1) is 10.3. The molecule has 0 saturated carbocycles. The minimum Gasteiger partial charge on any atom is -0.383 e. The first-order valence-corrected chi connectivity index (χ1v) is 8.85. The molecule has 0 heterocycles. The van der Waals surface area contributed by atoms with E-state index in [4.69, 9.17) is 8.92 Å². The van der Waals surface area contributed by atoms with Crippen LogP contribution in [0.15, 0.2) is 24.3 Å². The molecule has 124 valence electrons. The molecule has 0 aliphatic heterocycles. The number of amides is 1. The van der Waals surface area contributed by atoms with Gasteiger partial charge in [0.2, 0.25) is 5.91 Å². The van der Waals surface area contributed by atoms with Crippen LogP contribution >= 0.6 is 0 Å². The summed E-state index contributed by atoms with van der Waals surface area (Å²) in [5, 5.41) is 0. The Labute approximate surface area is 132 Å². The van der Waals surface area contributed by atoms with Crippen LogP contribution in [0.4, 0.5) is 0 Å². The predicted molar refractivity (Wildman–Crippen MR) is 84.1 cm³/mol. The number of benzene rings is 1. The van der Waals surface area contributed by atoms with Gasteiger partial charge in [-0.15, -0.1) is 0 Å². The monoisotopic (exact) mass is 329 g/mol. The van der Waals surface area contributed by atoms with E-state index in [9.17, 15) is 13.2 Å². The Morgan fingerprint density at radius 2 is 2.05 bits per heavy atom. The Hall–Kier alpha value is -1.60. The molecule has 0 radical (unpaired) electrons. The summed E-state index contributed by atoms with van der Waals surface area (Å²) in [5.74, 6) is 0.134. The molecule has 0 aliphatic rings. The van der Waals surface area contributed by atoms with E-state index in [1.807, 2.05) is 19.9 Å². The first kappa shape index (κ1) is 18.4. The van der Waals surface area contributed by atoms with Crippen LogP contribution in [0.1, 0.15) is 25.8 Å². The van der Waals surface area contributed by atoms with Crippen molar-refractivity contribution in [1.82, 2.24) is 4.90 Å². The summed E-state index contributed by atoms with van der Waals surface area (Å²) in [7, 11) is -2.09. The molecule has 0 aliphatic carbocycles. The lowest BCUT2D eigenvalue weighted by atomic mass is 10.1. The lowest BCUT2D eigenvalue weighted by Gasteiger charge is -2.28. The second kappa shape index (κ2) is 8.14. The van der Waals surface area contributed by atoms with Crippen LogP contribution in [-0.4, -0.2) is 45.2 Å². The highest BCUT2D eigenvalue weighted by Gasteiger charge is 2.19. The highest BCUT2D eigenvalue weighted by Crippen LogP contribution is 2.18. The number of ether oxygens (including phenoxy) is 1. The molecule has 0 aromatic heterocycles. The topological polar surface area (TPSA) is 72.9 Å². The summed E-state index contributed by atoms with van der Waals surface area (Å²) < 4.78 is 32.1. The fourth-order valence-corrected chi connectivity index (χ4v) is 2.44. The number of carbonyl (C=O) groups is 1. The van der Waals surface area contributed by atoms with Gasteiger partial charge in [-0.1, -0.05) is 19.1 Å². The average molecular weight is 329 g/mol. The Bertz CT molecular complexity index is 600. The molecule has 6 nitrogen and oxygen atoms in total. The van der Waals surface area contributed by atoms with E-state index in [0.717, 1.165) is 18.2 Å². The molecule has 0 bridgehead atoms. The van der Waals surface area contributed by atoms with Crippen LogP contribution in [0.25, 0.3) is 0 Å². The third-order valence-electron chi connectivity index (χ3n) is 3.21. The maximum Gasteiger partial charge on any atom is 0.306 e. The lowest BCUT2D eigenvalue weighted by molar-refractivity contribution is -0.138. The molecule has 22 heavy (non-hydrogen) atoms. The van der Waals surface area contributed by atoms with E-state index in [-0.39, 0.29) is 24.3 Å². The zero-order valence-electron chi connectivity index (χ0n) is 13.4. The summed E-state index contributed by atoms with van der Waals surface area (Å²) in [6, 6.07) is 6.77. The van der Waals surface area contributed by atoms with E-state index in [1.165, 1.54) is 7.11 Å². The molecule has 0 saturated heterocycles. The molecule has 1 rings (SSSR count). The fourth-order valence-electron chi connectivity index (χ4n) is 1.98.